The number of primary amides is 1. The van der Waals surface area contributed by atoms with Gasteiger partial charge in [0.05, 0.1) is 0 Å². The van der Waals surface area contributed by atoms with E-state index in [1.807, 2.05) is 37.3 Å². The van der Waals surface area contributed by atoms with E-state index in [9.17, 15) is 4.79 Å². The minimum absolute atomic E-state index is 0.425. The van der Waals surface area contributed by atoms with E-state index in [0.717, 1.165) is 22.3 Å². The molecule has 0 saturated heterocycles. The van der Waals surface area contributed by atoms with E-state index in [4.69, 9.17) is 10.3 Å². The first-order valence-corrected chi connectivity index (χ1v) is 6.86. The van der Waals surface area contributed by atoms with Crippen molar-refractivity contribution in [1.82, 2.24) is 10.1 Å². The van der Waals surface area contributed by atoms with Gasteiger partial charge in [-0.05, 0) is 41.8 Å². The van der Waals surface area contributed by atoms with E-state index in [-0.39, 0.29) is 0 Å². The summed E-state index contributed by atoms with van der Waals surface area (Å²) in [4.78, 5) is 15.3. The predicted molar refractivity (Wildman–Crippen MR) is 83.2 cm³/mol. The van der Waals surface area contributed by atoms with Crippen molar-refractivity contribution in [2.75, 3.05) is 0 Å². The molecule has 22 heavy (non-hydrogen) atoms. The molecule has 3 rings (SSSR count). The topological polar surface area (TPSA) is 82.0 Å². The third-order valence-corrected chi connectivity index (χ3v) is 3.49. The summed E-state index contributed by atoms with van der Waals surface area (Å²) in [6.07, 6.45) is 0. The lowest BCUT2D eigenvalue weighted by molar-refractivity contribution is 0.100. The third kappa shape index (κ3) is 2.61. The number of carbonyl (C=O) groups is 1. The molecule has 0 radical (unpaired) electrons. The van der Waals surface area contributed by atoms with Crippen molar-refractivity contribution < 1.29 is 9.32 Å². The van der Waals surface area contributed by atoms with Crippen LogP contribution in [0.3, 0.4) is 0 Å². The van der Waals surface area contributed by atoms with Crippen LogP contribution in [0.4, 0.5) is 0 Å². The summed E-state index contributed by atoms with van der Waals surface area (Å²) in [7, 11) is 0. The van der Waals surface area contributed by atoms with Crippen LogP contribution in [0.5, 0.6) is 0 Å². The summed E-state index contributed by atoms with van der Waals surface area (Å²) in [5, 5.41) is 3.92. The van der Waals surface area contributed by atoms with Crippen LogP contribution in [0.25, 0.3) is 22.5 Å². The van der Waals surface area contributed by atoms with Gasteiger partial charge in [0.25, 0.3) is 0 Å². The molecule has 0 aliphatic carbocycles. The fourth-order valence-corrected chi connectivity index (χ4v) is 2.36. The predicted octanol–water partition coefficient (Wildman–Crippen LogP) is 3.12. The summed E-state index contributed by atoms with van der Waals surface area (Å²) in [5.74, 6) is 0.695. The SMILES string of the molecule is Cc1nc(-c2ccc(-c3ccc(C(N)=O)cc3)c(C)c2)no1. The van der Waals surface area contributed by atoms with Crippen LogP contribution < -0.4 is 5.73 Å². The van der Waals surface area contributed by atoms with Crippen LogP contribution in [0, 0.1) is 13.8 Å². The Kier molecular flexibility index (Phi) is 3.47. The van der Waals surface area contributed by atoms with Crippen molar-refractivity contribution in [2.45, 2.75) is 13.8 Å². The first-order valence-electron chi connectivity index (χ1n) is 6.86. The second-order valence-electron chi connectivity index (χ2n) is 5.11. The number of carbonyl (C=O) groups excluding carboxylic acids is 1. The Morgan fingerprint density at radius 2 is 1.73 bits per heavy atom. The normalized spacial score (nSPS) is 10.6. The van der Waals surface area contributed by atoms with Crippen LogP contribution >= 0.6 is 0 Å². The van der Waals surface area contributed by atoms with Crippen molar-refractivity contribution in [3.05, 3.63) is 59.5 Å². The maximum atomic E-state index is 11.1. The Hall–Kier alpha value is -2.95. The summed E-state index contributed by atoms with van der Waals surface area (Å²) in [6.45, 7) is 3.78. The molecule has 1 aromatic heterocycles. The van der Waals surface area contributed by atoms with Crippen molar-refractivity contribution >= 4 is 5.91 Å². The molecule has 0 atom stereocenters. The largest absolute Gasteiger partial charge is 0.366 e. The molecule has 1 heterocycles. The highest BCUT2D eigenvalue weighted by atomic mass is 16.5. The molecule has 2 N–H and O–H groups in total. The summed E-state index contributed by atoms with van der Waals surface area (Å²) < 4.78 is 5.00. The average molecular weight is 293 g/mol. The van der Waals surface area contributed by atoms with Crippen molar-refractivity contribution in [3.8, 4) is 22.5 Å². The van der Waals surface area contributed by atoms with Gasteiger partial charge in [0.15, 0.2) is 0 Å². The lowest BCUT2D eigenvalue weighted by atomic mass is 9.97. The fraction of sp³-hybridized carbons (Fsp3) is 0.118. The van der Waals surface area contributed by atoms with Crippen LogP contribution in [-0.2, 0) is 0 Å². The zero-order valence-electron chi connectivity index (χ0n) is 12.3. The number of hydrogen-bond donors (Lipinski definition) is 1. The maximum absolute atomic E-state index is 11.1. The Morgan fingerprint density at radius 1 is 1.05 bits per heavy atom. The number of nitrogens with zero attached hydrogens (tertiary/aromatic N) is 2. The van der Waals surface area contributed by atoms with Gasteiger partial charge < -0.3 is 10.3 Å². The van der Waals surface area contributed by atoms with Gasteiger partial charge in [0.1, 0.15) is 0 Å². The zero-order valence-corrected chi connectivity index (χ0v) is 12.3. The molecular formula is C17H15N3O2. The first-order chi connectivity index (χ1) is 10.5. The summed E-state index contributed by atoms with van der Waals surface area (Å²) in [5.41, 5.74) is 9.87. The van der Waals surface area contributed by atoms with Crippen molar-refractivity contribution in [2.24, 2.45) is 5.73 Å². The van der Waals surface area contributed by atoms with Gasteiger partial charge in [-0.2, -0.15) is 4.98 Å². The molecule has 0 spiro atoms. The Morgan fingerprint density at radius 3 is 2.27 bits per heavy atom. The third-order valence-electron chi connectivity index (χ3n) is 3.49. The van der Waals surface area contributed by atoms with Gasteiger partial charge in [-0.1, -0.05) is 29.4 Å². The first kappa shape index (κ1) is 14.0. The minimum Gasteiger partial charge on any atom is -0.366 e. The van der Waals surface area contributed by atoms with Gasteiger partial charge in [0, 0.05) is 18.1 Å². The quantitative estimate of drug-likeness (QED) is 0.804. The molecule has 0 unspecified atom stereocenters. The van der Waals surface area contributed by atoms with E-state index in [1.165, 1.54) is 0 Å². The van der Waals surface area contributed by atoms with Crippen molar-refractivity contribution in [1.29, 1.82) is 0 Å². The highest BCUT2D eigenvalue weighted by molar-refractivity contribution is 5.93. The number of hydrogen-bond acceptors (Lipinski definition) is 4. The van der Waals surface area contributed by atoms with Crippen LogP contribution in [0.15, 0.2) is 47.0 Å². The lowest BCUT2D eigenvalue weighted by Gasteiger charge is -2.08. The highest BCUT2D eigenvalue weighted by Gasteiger charge is 2.09. The van der Waals surface area contributed by atoms with Crippen LogP contribution in [0.1, 0.15) is 21.8 Å². The van der Waals surface area contributed by atoms with Gasteiger partial charge in [-0.25, -0.2) is 0 Å². The number of benzene rings is 2. The van der Waals surface area contributed by atoms with E-state index in [0.29, 0.717) is 17.3 Å². The molecule has 110 valence electrons. The Balaban J connectivity index is 1.96. The molecule has 3 aromatic rings. The summed E-state index contributed by atoms with van der Waals surface area (Å²) in [6, 6.07) is 13.2. The van der Waals surface area contributed by atoms with Gasteiger partial charge in [-0.3, -0.25) is 4.79 Å². The van der Waals surface area contributed by atoms with Crippen molar-refractivity contribution in [3.63, 3.8) is 0 Å². The monoisotopic (exact) mass is 293 g/mol. The minimum atomic E-state index is -0.425. The number of nitrogens with two attached hydrogens (primary N) is 1. The molecule has 0 aliphatic rings. The molecule has 0 bridgehead atoms. The average Bonchev–Trinajstić information content (AvgIpc) is 2.94. The maximum Gasteiger partial charge on any atom is 0.248 e. The van der Waals surface area contributed by atoms with Gasteiger partial charge in [0.2, 0.25) is 17.6 Å². The molecular weight excluding hydrogens is 278 g/mol. The number of aryl methyl sites for hydroxylation is 2. The van der Waals surface area contributed by atoms with E-state index in [1.54, 1.807) is 19.1 Å². The standard InChI is InChI=1S/C17H15N3O2/c1-10-9-14(17-19-11(2)22-20-17)7-8-15(10)12-3-5-13(6-4-12)16(18)21/h3-9H,1-2H3,(H2,18,21). The molecule has 5 nitrogen and oxygen atoms in total. The smallest absolute Gasteiger partial charge is 0.248 e. The molecule has 0 aliphatic heterocycles. The number of aromatic nitrogens is 2. The van der Waals surface area contributed by atoms with E-state index >= 15 is 0 Å². The number of rotatable bonds is 3. The van der Waals surface area contributed by atoms with Crippen LogP contribution in [0.2, 0.25) is 0 Å². The number of amides is 1. The second kappa shape index (κ2) is 5.44. The molecule has 2 aromatic carbocycles. The van der Waals surface area contributed by atoms with Gasteiger partial charge >= 0.3 is 0 Å². The zero-order chi connectivity index (χ0) is 15.7. The highest BCUT2D eigenvalue weighted by Crippen LogP contribution is 2.27. The summed E-state index contributed by atoms with van der Waals surface area (Å²) >= 11 is 0. The lowest BCUT2D eigenvalue weighted by Crippen LogP contribution is -2.10. The molecule has 0 saturated carbocycles. The van der Waals surface area contributed by atoms with E-state index < -0.39 is 5.91 Å². The molecule has 1 amide bonds. The molecule has 0 fully saturated rings. The van der Waals surface area contributed by atoms with Crippen LogP contribution in [-0.4, -0.2) is 16.0 Å². The van der Waals surface area contributed by atoms with E-state index in [2.05, 4.69) is 10.1 Å². The second-order valence-corrected chi connectivity index (χ2v) is 5.11. The Bertz CT molecular complexity index is 835. The van der Waals surface area contributed by atoms with Gasteiger partial charge in [-0.15, -0.1) is 0 Å². The fourth-order valence-electron chi connectivity index (χ4n) is 2.36. The Labute approximate surface area is 127 Å². The molecule has 5 heteroatoms.